The molecular weight excluding hydrogens is 140 g/mol. The Morgan fingerprint density at radius 3 is 2.82 bits per heavy atom. The Hall–Kier alpha value is -0.0800. The van der Waals surface area contributed by atoms with Gasteiger partial charge >= 0.3 is 0 Å². The molecule has 3 fully saturated rings. The molecule has 2 bridgehead atoms. The first-order valence-corrected chi connectivity index (χ1v) is 4.63. The summed E-state index contributed by atoms with van der Waals surface area (Å²) in [4.78, 5) is 0. The number of ether oxygens (including phenoxy) is 2. The first-order chi connectivity index (χ1) is 5.43. The molecule has 3 aliphatic rings. The maximum Gasteiger partial charge on any atom is 0.0632 e. The van der Waals surface area contributed by atoms with Gasteiger partial charge in [-0.25, -0.2) is 0 Å². The summed E-state index contributed by atoms with van der Waals surface area (Å²) < 4.78 is 11.0. The second-order valence-corrected chi connectivity index (χ2v) is 4.17. The Balaban J connectivity index is 1.79. The van der Waals surface area contributed by atoms with E-state index < -0.39 is 0 Å². The molecule has 0 spiro atoms. The van der Waals surface area contributed by atoms with E-state index >= 15 is 0 Å². The molecule has 1 saturated carbocycles. The van der Waals surface area contributed by atoms with E-state index in [4.69, 9.17) is 9.47 Å². The topological polar surface area (TPSA) is 18.5 Å². The lowest BCUT2D eigenvalue weighted by Gasteiger charge is -2.50. The zero-order chi connectivity index (χ0) is 7.26. The van der Waals surface area contributed by atoms with E-state index in [9.17, 15) is 0 Å². The van der Waals surface area contributed by atoms with Crippen molar-refractivity contribution >= 4 is 0 Å². The number of fused-ring (bicyclic) bond motifs is 4. The van der Waals surface area contributed by atoms with Gasteiger partial charge in [0.05, 0.1) is 12.7 Å². The van der Waals surface area contributed by atoms with Gasteiger partial charge in [-0.05, 0) is 24.7 Å². The summed E-state index contributed by atoms with van der Waals surface area (Å²) >= 11 is 0. The van der Waals surface area contributed by atoms with E-state index in [2.05, 4.69) is 0 Å². The lowest BCUT2D eigenvalue weighted by molar-refractivity contribution is -0.202. The maximum absolute atomic E-state index is 5.53. The second kappa shape index (κ2) is 2.20. The van der Waals surface area contributed by atoms with Gasteiger partial charge in [0.15, 0.2) is 0 Å². The molecular formula is C9H14O2. The van der Waals surface area contributed by atoms with Crippen LogP contribution in [-0.4, -0.2) is 25.9 Å². The smallest absolute Gasteiger partial charge is 0.0632 e. The molecule has 0 radical (unpaired) electrons. The van der Waals surface area contributed by atoms with Gasteiger partial charge in [-0.1, -0.05) is 0 Å². The van der Waals surface area contributed by atoms with Crippen molar-refractivity contribution in [1.82, 2.24) is 0 Å². The Bertz CT molecular complexity index is 167. The molecule has 11 heavy (non-hydrogen) atoms. The van der Waals surface area contributed by atoms with Gasteiger partial charge in [0, 0.05) is 19.1 Å². The summed E-state index contributed by atoms with van der Waals surface area (Å²) in [7, 11) is 0. The molecule has 2 heteroatoms. The predicted molar refractivity (Wildman–Crippen MR) is 40.3 cm³/mol. The lowest BCUT2D eigenvalue weighted by Crippen LogP contribution is -2.53. The van der Waals surface area contributed by atoms with E-state index in [1.54, 1.807) is 0 Å². The first-order valence-electron chi connectivity index (χ1n) is 4.63. The summed E-state index contributed by atoms with van der Waals surface area (Å²) in [6.07, 6.45) is 3.29. The molecule has 2 saturated heterocycles. The molecule has 2 aliphatic heterocycles. The standard InChI is InChI=1S/C9H14O2/c1-6-2-9-8(5-11-9)7(1)4-10-3-6/h6-9H,1-5H2. The normalized spacial score (nSPS) is 54.5. The van der Waals surface area contributed by atoms with Gasteiger partial charge in [0.2, 0.25) is 0 Å². The SMILES string of the molecule is C1OCC2CC1CC1OCC21. The van der Waals surface area contributed by atoms with Gasteiger partial charge in [-0.2, -0.15) is 0 Å². The monoisotopic (exact) mass is 154 g/mol. The molecule has 62 valence electrons. The molecule has 0 N–H and O–H groups in total. The zero-order valence-electron chi connectivity index (χ0n) is 6.66. The molecule has 0 amide bonds. The van der Waals surface area contributed by atoms with E-state index in [1.165, 1.54) is 12.8 Å². The molecule has 4 unspecified atom stereocenters. The van der Waals surface area contributed by atoms with Crippen molar-refractivity contribution in [3.8, 4) is 0 Å². The summed E-state index contributed by atoms with van der Waals surface area (Å²) in [5.74, 6) is 2.50. The van der Waals surface area contributed by atoms with Crippen molar-refractivity contribution in [3.63, 3.8) is 0 Å². The average Bonchev–Trinajstić information content (AvgIpc) is 1.97. The van der Waals surface area contributed by atoms with Crippen molar-refractivity contribution < 1.29 is 9.47 Å². The zero-order valence-corrected chi connectivity index (χ0v) is 6.66. The molecule has 4 atom stereocenters. The van der Waals surface area contributed by atoms with Gasteiger partial charge in [0.25, 0.3) is 0 Å². The summed E-state index contributed by atoms with van der Waals surface area (Å²) in [6.45, 7) is 3.00. The van der Waals surface area contributed by atoms with E-state index in [-0.39, 0.29) is 0 Å². The van der Waals surface area contributed by atoms with Crippen LogP contribution in [-0.2, 0) is 9.47 Å². The highest BCUT2D eigenvalue weighted by molar-refractivity contribution is 4.93. The van der Waals surface area contributed by atoms with Crippen LogP contribution in [0.3, 0.4) is 0 Å². The predicted octanol–water partition coefficient (Wildman–Crippen LogP) is 1.06. The van der Waals surface area contributed by atoms with Crippen LogP contribution in [0, 0.1) is 17.8 Å². The van der Waals surface area contributed by atoms with Crippen molar-refractivity contribution in [3.05, 3.63) is 0 Å². The Kier molecular flexibility index (Phi) is 1.29. The van der Waals surface area contributed by atoms with Crippen molar-refractivity contribution in [1.29, 1.82) is 0 Å². The highest BCUT2D eigenvalue weighted by Crippen LogP contribution is 2.43. The Labute approximate surface area is 66.9 Å². The van der Waals surface area contributed by atoms with Crippen LogP contribution in [0.4, 0.5) is 0 Å². The molecule has 2 nitrogen and oxygen atoms in total. The molecule has 3 rings (SSSR count). The number of hydrogen-bond donors (Lipinski definition) is 0. The largest absolute Gasteiger partial charge is 0.381 e. The minimum Gasteiger partial charge on any atom is -0.381 e. The second-order valence-electron chi connectivity index (χ2n) is 4.17. The van der Waals surface area contributed by atoms with Gasteiger partial charge in [-0.15, -0.1) is 0 Å². The van der Waals surface area contributed by atoms with Gasteiger partial charge in [-0.3, -0.25) is 0 Å². The quantitative estimate of drug-likeness (QED) is 0.519. The van der Waals surface area contributed by atoms with Crippen LogP contribution >= 0.6 is 0 Å². The van der Waals surface area contributed by atoms with Crippen LogP contribution in [0.1, 0.15) is 12.8 Å². The summed E-state index contributed by atoms with van der Waals surface area (Å²) in [5.41, 5.74) is 0. The summed E-state index contributed by atoms with van der Waals surface area (Å²) in [5, 5.41) is 0. The molecule has 2 heterocycles. The fourth-order valence-corrected chi connectivity index (χ4v) is 2.77. The number of rotatable bonds is 0. The van der Waals surface area contributed by atoms with Gasteiger partial charge < -0.3 is 9.47 Å². The van der Waals surface area contributed by atoms with Crippen LogP contribution in [0.2, 0.25) is 0 Å². The Morgan fingerprint density at radius 2 is 2.00 bits per heavy atom. The van der Waals surface area contributed by atoms with Crippen LogP contribution in [0.15, 0.2) is 0 Å². The fourth-order valence-electron chi connectivity index (χ4n) is 2.77. The van der Waals surface area contributed by atoms with Crippen molar-refractivity contribution in [2.45, 2.75) is 18.9 Å². The third kappa shape index (κ3) is 0.859. The number of hydrogen-bond acceptors (Lipinski definition) is 2. The minimum absolute atomic E-state index is 0.614. The third-order valence-corrected chi connectivity index (χ3v) is 3.47. The van der Waals surface area contributed by atoms with E-state index in [0.29, 0.717) is 6.10 Å². The first kappa shape index (κ1) is 6.44. The third-order valence-electron chi connectivity index (χ3n) is 3.47. The highest BCUT2D eigenvalue weighted by atomic mass is 16.5. The molecule has 0 aromatic rings. The summed E-state index contributed by atoms with van der Waals surface area (Å²) in [6, 6.07) is 0. The van der Waals surface area contributed by atoms with Crippen molar-refractivity contribution in [2.75, 3.05) is 19.8 Å². The molecule has 1 aliphatic carbocycles. The van der Waals surface area contributed by atoms with Crippen LogP contribution < -0.4 is 0 Å². The minimum atomic E-state index is 0.614. The lowest BCUT2D eigenvalue weighted by atomic mass is 9.69. The van der Waals surface area contributed by atoms with Crippen LogP contribution in [0.25, 0.3) is 0 Å². The van der Waals surface area contributed by atoms with E-state index in [0.717, 1.165) is 37.6 Å². The maximum atomic E-state index is 5.53. The molecule has 0 aromatic heterocycles. The van der Waals surface area contributed by atoms with Crippen molar-refractivity contribution in [2.24, 2.45) is 17.8 Å². The van der Waals surface area contributed by atoms with Crippen LogP contribution in [0.5, 0.6) is 0 Å². The van der Waals surface area contributed by atoms with E-state index in [1.807, 2.05) is 0 Å². The Morgan fingerprint density at radius 1 is 1.00 bits per heavy atom. The average molecular weight is 154 g/mol. The highest BCUT2D eigenvalue weighted by Gasteiger charge is 2.46. The fraction of sp³-hybridized carbons (Fsp3) is 1.00. The molecule has 0 aromatic carbocycles. The van der Waals surface area contributed by atoms with Gasteiger partial charge in [0.1, 0.15) is 0 Å².